The lowest BCUT2D eigenvalue weighted by molar-refractivity contribution is -0.132. The fourth-order valence-corrected chi connectivity index (χ4v) is 4.98. The molecule has 1 amide bonds. The maximum atomic E-state index is 13.6. The number of ether oxygens (including phenoxy) is 3. The monoisotopic (exact) mass is 555 g/mol. The van der Waals surface area contributed by atoms with Crippen LogP contribution < -0.4 is 19.1 Å². The SMILES string of the molecule is COc1cc(OC)c(/C(O)=C2\C(=O)C(=O)N(c3ccc(Oc4ccccc4)cc3)C2c2cccc(C)c2)cc1Cl. The maximum Gasteiger partial charge on any atom is 0.300 e. The Bertz CT molecular complexity index is 1610. The first-order chi connectivity index (χ1) is 19.3. The standard InChI is InChI=1S/C32H26ClNO6/c1-19-8-7-9-20(16-19)29-28(30(35)24-17-25(33)27(39-3)18-26(24)38-2)31(36)32(37)34(29)21-12-14-23(15-13-21)40-22-10-5-4-6-11-22/h4-18,29,35H,1-3H3/b30-28+. The number of ketones is 1. The van der Waals surface area contributed by atoms with Gasteiger partial charge in [-0.15, -0.1) is 0 Å². The van der Waals surface area contributed by atoms with Crippen LogP contribution in [0.3, 0.4) is 0 Å². The van der Waals surface area contributed by atoms with Gasteiger partial charge in [-0.05, 0) is 55.0 Å². The fraction of sp³-hybridized carbons (Fsp3) is 0.125. The molecule has 1 atom stereocenters. The van der Waals surface area contributed by atoms with E-state index in [-0.39, 0.29) is 21.9 Å². The van der Waals surface area contributed by atoms with Gasteiger partial charge in [-0.1, -0.05) is 59.6 Å². The van der Waals surface area contributed by atoms with Crippen molar-refractivity contribution in [1.29, 1.82) is 0 Å². The number of anilines is 1. The number of rotatable bonds is 7. The first kappa shape index (κ1) is 26.8. The topological polar surface area (TPSA) is 85.3 Å². The summed E-state index contributed by atoms with van der Waals surface area (Å²) in [6.45, 7) is 1.91. The van der Waals surface area contributed by atoms with Gasteiger partial charge in [0.05, 0.1) is 36.4 Å². The highest BCUT2D eigenvalue weighted by atomic mass is 35.5. The van der Waals surface area contributed by atoms with Gasteiger partial charge in [-0.3, -0.25) is 14.5 Å². The minimum Gasteiger partial charge on any atom is -0.507 e. The van der Waals surface area contributed by atoms with Crippen LogP contribution in [0.4, 0.5) is 5.69 Å². The summed E-state index contributed by atoms with van der Waals surface area (Å²) >= 11 is 6.36. The number of hydrogen-bond donors (Lipinski definition) is 1. The summed E-state index contributed by atoms with van der Waals surface area (Å²) in [5.74, 6) is -0.207. The molecule has 0 radical (unpaired) electrons. The molecule has 0 bridgehead atoms. The zero-order valence-corrected chi connectivity index (χ0v) is 22.8. The van der Waals surface area contributed by atoms with Gasteiger partial charge in [0.25, 0.3) is 11.7 Å². The summed E-state index contributed by atoms with van der Waals surface area (Å²) in [7, 11) is 2.88. The summed E-state index contributed by atoms with van der Waals surface area (Å²) in [4.78, 5) is 28.5. The summed E-state index contributed by atoms with van der Waals surface area (Å²) in [6, 6.07) is 25.7. The molecule has 0 spiro atoms. The molecule has 4 aromatic carbocycles. The Balaban J connectivity index is 1.64. The first-order valence-corrected chi connectivity index (χ1v) is 12.8. The Labute approximate surface area is 236 Å². The highest BCUT2D eigenvalue weighted by Crippen LogP contribution is 2.45. The lowest BCUT2D eigenvalue weighted by Crippen LogP contribution is -2.29. The summed E-state index contributed by atoms with van der Waals surface area (Å²) in [6.07, 6.45) is 0. The van der Waals surface area contributed by atoms with Crippen LogP contribution in [-0.4, -0.2) is 31.0 Å². The molecule has 1 aliphatic heterocycles. The van der Waals surface area contributed by atoms with Crippen molar-refractivity contribution in [3.8, 4) is 23.0 Å². The van der Waals surface area contributed by atoms with Crippen molar-refractivity contribution >= 4 is 34.7 Å². The molecule has 8 heteroatoms. The summed E-state index contributed by atoms with van der Waals surface area (Å²) in [5, 5.41) is 11.8. The van der Waals surface area contributed by atoms with Crippen LogP contribution in [0.5, 0.6) is 23.0 Å². The highest BCUT2D eigenvalue weighted by Gasteiger charge is 2.47. The van der Waals surface area contributed by atoms with E-state index in [4.69, 9.17) is 25.8 Å². The minimum absolute atomic E-state index is 0.0836. The number of amides is 1. The normalized spacial score (nSPS) is 16.2. The minimum atomic E-state index is -0.911. The van der Waals surface area contributed by atoms with Crippen LogP contribution >= 0.6 is 11.6 Å². The van der Waals surface area contributed by atoms with Gasteiger partial charge >= 0.3 is 0 Å². The predicted molar refractivity (Wildman–Crippen MR) is 153 cm³/mol. The number of Topliss-reactive ketones (excluding diaryl/α,β-unsaturated/α-hetero) is 1. The number of carbonyl (C=O) groups is 2. The molecule has 7 nitrogen and oxygen atoms in total. The van der Waals surface area contributed by atoms with E-state index in [1.165, 1.54) is 31.3 Å². The number of nitrogens with zero attached hydrogens (tertiary/aromatic N) is 1. The number of halogens is 1. The number of aliphatic hydroxyl groups is 1. The molecular weight excluding hydrogens is 530 g/mol. The second-order valence-electron chi connectivity index (χ2n) is 9.18. The smallest absolute Gasteiger partial charge is 0.300 e. The average Bonchev–Trinajstić information content (AvgIpc) is 3.23. The number of hydrogen-bond acceptors (Lipinski definition) is 6. The third-order valence-corrected chi connectivity index (χ3v) is 6.92. The third-order valence-electron chi connectivity index (χ3n) is 6.63. The molecule has 1 fully saturated rings. The fourth-order valence-electron chi connectivity index (χ4n) is 4.74. The van der Waals surface area contributed by atoms with Crippen molar-refractivity contribution in [3.63, 3.8) is 0 Å². The lowest BCUT2D eigenvalue weighted by atomic mass is 9.94. The maximum absolute atomic E-state index is 13.6. The number of aryl methyl sites for hydroxylation is 1. The van der Waals surface area contributed by atoms with Gasteiger partial charge in [-0.2, -0.15) is 0 Å². The molecule has 1 aliphatic rings. The van der Waals surface area contributed by atoms with E-state index >= 15 is 0 Å². The van der Waals surface area contributed by atoms with E-state index in [9.17, 15) is 14.7 Å². The quantitative estimate of drug-likeness (QED) is 0.149. The molecule has 1 unspecified atom stereocenters. The molecule has 1 saturated heterocycles. The van der Waals surface area contributed by atoms with Crippen molar-refractivity contribution in [2.45, 2.75) is 13.0 Å². The molecule has 202 valence electrons. The largest absolute Gasteiger partial charge is 0.507 e. The Hall–Kier alpha value is -4.75. The molecule has 0 aliphatic carbocycles. The van der Waals surface area contributed by atoms with Gasteiger partial charge in [0.15, 0.2) is 0 Å². The number of methoxy groups -OCH3 is 2. The van der Waals surface area contributed by atoms with Crippen LogP contribution in [0.15, 0.2) is 96.6 Å². The second-order valence-corrected chi connectivity index (χ2v) is 9.59. The van der Waals surface area contributed by atoms with Crippen molar-refractivity contribution in [3.05, 3.63) is 118 Å². The predicted octanol–water partition coefficient (Wildman–Crippen LogP) is 7.08. The summed E-state index contributed by atoms with van der Waals surface area (Å²) in [5.41, 5.74) is 2.13. The highest BCUT2D eigenvalue weighted by molar-refractivity contribution is 6.51. The molecule has 40 heavy (non-hydrogen) atoms. The number of aliphatic hydroxyl groups excluding tert-OH is 1. The van der Waals surface area contributed by atoms with Crippen molar-refractivity contribution < 1.29 is 28.9 Å². The van der Waals surface area contributed by atoms with Crippen LogP contribution in [0.2, 0.25) is 5.02 Å². The molecule has 5 rings (SSSR count). The van der Waals surface area contributed by atoms with E-state index in [1.54, 1.807) is 24.3 Å². The van der Waals surface area contributed by atoms with E-state index < -0.39 is 23.5 Å². The second kappa shape index (κ2) is 11.2. The van der Waals surface area contributed by atoms with Gasteiger partial charge in [-0.25, -0.2) is 0 Å². The van der Waals surface area contributed by atoms with Crippen molar-refractivity contribution in [2.24, 2.45) is 0 Å². The van der Waals surface area contributed by atoms with Crippen LogP contribution in [-0.2, 0) is 9.59 Å². The number of para-hydroxylation sites is 1. The molecular formula is C32H26ClNO6. The Morgan fingerprint density at radius 3 is 2.15 bits per heavy atom. The van der Waals surface area contributed by atoms with E-state index in [1.807, 2.05) is 61.5 Å². The molecule has 1 heterocycles. The molecule has 1 N–H and O–H groups in total. The molecule has 0 saturated carbocycles. The third kappa shape index (κ3) is 4.99. The zero-order valence-electron chi connectivity index (χ0n) is 22.1. The van der Waals surface area contributed by atoms with Crippen molar-refractivity contribution in [1.82, 2.24) is 0 Å². The number of carbonyl (C=O) groups excluding carboxylic acids is 2. The van der Waals surface area contributed by atoms with Crippen molar-refractivity contribution in [2.75, 3.05) is 19.1 Å². The molecule has 4 aromatic rings. The number of benzene rings is 4. The van der Waals surface area contributed by atoms with Gasteiger partial charge < -0.3 is 19.3 Å². The van der Waals surface area contributed by atoms with E-state index in [2.05, 4.69) is 0 Å². The lowest BCUT2D eigenvalue weighted by Gasteiger charge is -2.26. The van der Waals surface area contributed by atoms with E-state index in [0.29, 0.717) is 28.5 Å². The first-order valence-electron chi connectivity index (χ1n) is 12.4. The van der Waals surface area contributed by atoms with Gasteiger partial charge in [0, 0.05) is 11.8 Å². The average molecular weight is 556 g/mol. The van der Waals surface area contributed by atoms with Gasteiger partial charge in [0.1, 0.15) is 28.8 Å². The van der Waals surface area contributed by atoms with Crippen LogP contribution in [0.1, 0.15) is 22.7 Å². The zero-order chi connectivity index (χ0) is 28.4. The Morgan fingerprint density at radius 1 is 0.825 bits per heavy atom. The van der Waals surface area contributed by atoms with Gasteiger partial charge in [0.2, 0.25) is 0 Å². The Kier molecular flexibility index (Phi) is 7.49. The van der Waals surface area contributed by atoms with E-state index in [0.717, 1.165) is 5.56 Å². The Morgan fingerprint density at radius 2 is 1.50 bits per heavy atom. The molecule has 0 aromatic heterocycles. The van der Waals surface area contributed by atoms with Crippen LogP contribution in [0, 0.1) is 6.92 Å². The van der Waals surface area contributed by atoms with Crippen LogP contribution in [0.25, 0.3) is 5.76 Å². The summed E-state index contributed by atoms with van der Waals surface area (Å²) < 4.78 is 16.6.